The van der Waals surface area contributed by atoms with Gasteiger partial charge in [-0.05, 0) is 24.3 Å². The molecule has 0 saturated carbocycles. The van der Waals surface area contributed by atoms with E-state index in [0.717, 1.165) is 4.47 Å². The van der Waals surface area contributed by atoms with Crippen LogP contribution in [0.1, 0.15) is 16.8 Å². The molecular formula is C16H15BrFNO. The lowest BCUT2D eigenvalue weighted by Gasteiger charge is -2.19. The highest BCUT2D eigenvalue weighted by atomic mass is 79.9. The molecule has 0 bridgehead atoms. The smallest absolute Gasteiger partial charge is 0.164 e. The fourth-order valence-corrected chi connectivity index (χ4v) is 2.20. The minimum Gasteiger partial charge on any atom is -0.372 e. The monoisotopic (exact) mass is 335 g/mol. The maximum absolute atomic E-state index is 13.6. The predicted octanol–water partition coefficient (Wildman–Crippen LogP) is 4.30. The molecule has 0 saturated heterocycles. The molecule has 0 N–H and O–H groups in total. The zero-order valence-electron chi connectivity index (χ0n) is 11.1. The molecule has 0 amide bonds. The molecule has 0 unspecified atom stereocenters. The number of benzene rings is 2. The van der Waals surface area contributed by atoms with Gasteiger partial charge in [-0.1, -0.05) is 40.2 Å². The molecule has 2 nitrogen and oxygen atoms in total. The molecule has 2 aromatic rings. The summed E-state index contributed by atoms with van der Waals surface area (Å²) in [6.45, 7) is 0.482. The van der Waals surface area contributed by atoms with E-state index in [1.54, 1.807) is 42.3 Å². The van der Waals surface area contributed by atoms with Gasteiger partial charge < -0.3 is 4.90 Å². The Morgan fingerprint density at radius 2 is 1.80 bits per heavy atom. The Morgan fingerprint density at radius 1 is 1.15 bits per heavy atom. The predicted molar refractivity (Wildman–Crippen MR) is 82.8 cm³/mol. The van der Waals surface area contributed by atoms with E-state index in [1.807, 2.05) is 12.1 Å². The molecule has 2 aromatic carbocycles. The summed E-state index contributed by atoms with van der Waals surface area (Å²) >= 11 is 3.33. The second kappa shape index (κ2) is 6.66. The second-order valence-corrected chi connectivity index (χ2v) is 5.47. The number of para-hydroxylation sites is 1. The largest absolute Gasteiger partial charge is 0.372 e. The summed E-state index contributed by atoms with van der Waals surface area (Å²) in [6.07, 6.45) is 0.354. The van der Waals surface area contributed by atoms with Crippen molar-refractivity contribution in [3.05, 3.63) is 64.4 Å². The maximum atomic E-state index is 13.6. The van der Waals surface area contributed by atoms with E-state index >= 15 is 0 Å². The molecule has 0 aliphatic heterocycles. The molecular weight excluding hydrogens is 321 g/mol. The van der Waals surface area contributed by atoms with E-state index in [0.29, 0.717) is 24.2 Å². The molecule has 0 radical (unpaired) electrons. The molecule has 0 heterocycles. The highest BCUT2D eigenvalue weighted by Crippen LogP contribution is 2.18. The minimum absolute atomic E-state index is 0.0562. The highest BCUT2D eigenvalue weighted by Gasteiger charge is 2.10. The zero-order valence-corrected chi connectivity index (χ0v) is 12.7. The first-order valence-electron chi connectivity index (χ1n) is 6.32. The van der Waals surface area contributed by atoms with E-state index < -0.39 is 0 Å². The van der Waals surface area contributed by atoms with E-state index in [9.17, 15) is 9.18 Å². The third-order valence-corrected chi connectivity index (χ3v) is 3.63. The van der Waals surface area contributed by atoms with Crippen molar-refractivity contribution in [2.45, 2.75) is 6.42 Å². The summed E-state index contributed by atoms with van der Waals surface area (Å²) in [5, 5.41) is 0. The number of ketones is 1. The van der Waals surface area contributed by atoms with Gasteiger partial charge in [0.05, 0.1) is 5.69 Å². The molecule has 2 rings (SSSR count). The molecule has 0 atom stereocenters. The molecule has 0 aliphatic rings. The van der Waals surface area contributed by atoms with Crippen LogP contribution in [0, 0.1) is 5.82 Å². The van der Waals surface area contributed by atoms with Crippen LogP contribution in [0.15, 0.2) is 53.0 Å². The number of hydrogen-bond donors (Lipinski definition) is 0. The second-order valence-electron chi connectivity index (χ2n) is 4.55. The van der Waals surface area contributed by atoms with Gasteiger partial charge in [-0.3, -0.25) is 4.79 Å². The van der Waals surface area contributed by atoms with Crippen LogP contribution in [-0.4, -0.2) is 19.4 Å². The Labute approximate surface area is 126 Å². The van der Waals surface area contributed by atoms with Crippen molar-refractivity contribution in [2.75, 3.05) is 18.5 Å². The quantitative estimate of drug-likeness (QED) is 0.759. The minimum atomic E-state index is -0.272. The number of Topliss-reactive ketones (excluding diaryl/α,β-unsaturated/α-hetero) is 1. The molecule has 0 spiro atoms. The van der Waals surface area contributed by atoms with E-state index in [1.165, 1.54) is 6.07 Å². The summed E-state index contributed by atoms with van der Waals surface area (Å²) in [4.78, 5) is 13.8. The number of rotatable bonds is 5. The normalized spacial score (nSPS) is 10.3. The first-order chi connectivity index (χ1) is 9.58. The van der Waals surface area contributed by atoms with Crippen molar-refractivity contribution in [3.8, 4) is 0 Å². The lowest BCUT2D eigenvalue weighted by atomic mass is 10.1. The lowest BCUT2D eigenvalue weighted by Crippen LogP contribution is -2.22. The van der Waals surface area contributed by atoms with Crippen LogP contribution in [0.3, 0.4) is 0 Å². The Hall–Kier alpha value is -1.68. The van der Waals surface area contributed by atoms with Gasteiger partial charge >= 0.3 is 0 Å². The Balaban J connectivity index is 1.97. The number of hydrogen-bond acceptors (Lipinski definition) is 2. The van der Waals surface area contributed by atoms with Crippen molar-refractivity contribution >= 4 is 27.4 Å². The van der Waals surface area contributed by atoms with Gasteiger partial charge in [-0.2, -0.15) is 0 Å². The van der Waals surface area contributed by atoms with Gasteiger partial charge in [0.2, 0.25) is 0 Å². The van der Waals surface area contributed by atoms with Gasteiger partial charge in [0.25, 0.3) is 0 Å². The Bertz CT molecular complexity index is 598. The van der Waals surface area contributed by atoms with E-state index in [-0.39, 0.29) is 11.6 Å². The summed E-state index contributed by atoms with van der Waals surface area (Å²) in [5.74, 6) is -0.216. The number of nitrogens with zero attached hydrogens (tertiary/aromatic N) is 1. The SMILES string of the molecule is CN(CCC(=O)c1ccc(Br)cc1)c1ccccc1F. The summed E-state index contributed by atoms with van der Waals surface area (Å²) in [7, 11) is 1.78. The summed E-state index contributed by atoms with van der Waals surface area (Å²) in [6, 6.07) is 13.8. The van der Waals surface area contributed by atoms with Gasteiger partial charge in [0, 0.05) is 30.0 Å². The molecule has 0 fully saturated rings. The van der Waals surface area contributed by atoms with Gasteiger partial charge in [-0.25, -0.2) is 4.39 Å². The number of anilines is 1. The first kappa shape index (κ1) is 14.7. The van der Waals surface area contributed by atoms with Crippen molar-refractivity contribution in [1.82, 2.24) is 0 Å². The van der Waals surface area contributed by atoms with Gasteiger partial charge in [0.15, 0.2) is 5.78 Å². The van der Waals surface area contributed by atoms with Crippen LogP contribution in [0.25, 0.3) is 0 Å². The maximum Gasteiger partial charge on any atom is 0.164 e. The molecule has 20 heavy (non-hydrogen) atoms. The molecule has 0 aliphatic carbocycles. The molecule has 104 valence electrons. The first-order valence-corrected chi connectivity index (χ1v) is 7.11. The molecule has 0 aromatic heterocycles. The summed E-state index contributed by atoms with van der Waals surface area (Å²) in [5.41, 5.74) is 1.19. The van der Waals surface area contributed by atoms with Gasteiger partial charge in [0.1, 0.15) is 5.82 Å². The zero-order chi connectivity index (χ0) is 14.5. The van der Waals surface area contributed by atoms with Crippen LogP contribution in [-0.2, 0) is 0 Å². The third kappa shape index (κ3) is 3.67. The third-order valence-electron chi connectivity index (χ3n) is 3.10. The van der Waals surface area contributed by atoms with E-state index in [2.05, 4.69) is 15.9 Å². The van der Waals surface area contributed by atoms with Gasteiger partial charge in [-0.15, -0.1) is 0 Å². The van der Waals surface area contributed by atoms with Crippen LogP contribution in [0.4, 0.5) is 10.1 Å². The Kier molecular flexibility index (Phi) is 4.90. The van der Waals surface area contributed by atoms with Crippen LogP contribution >= 0.6 is 15.9 Å². The number of carbonyl (C=O) groups is 1. The summed E-state index contributed by atoms with van der Waals surface area (Å²) < 4.78 is 14.5. The van der Waals surface area contributed by atoms with Crippen LogP contribution in [0.5, 0.6) is 0 Å². The fraction of sp³-hybridized carbons (Fsp3) is 0.188. The van der Waals surface area contributed by atoms with Crippen LogP contribution < -0.4 is 4.90 Å². The van der Waals surface area contributed by atoms with Crippen LogP contribution in [0.2, 0.25) is 0 Å². The fourth-order valence-electron chi connectivity index (χ4n) is 1.93. The highest BCUT2D eigenvalue weighted by molar-refractivity contribution is 9.10. The average molecular weight is 336 g/mol. The van der Waals surface area contributed by atoms with Crippen molar-refractivity contribution < 1.29 is 9.18 Å². The standard InChI is InChI=1S/C16H15BrFNO/c1-19(15-5-3-2-4-14(15)18)11-10-16(20)12-6-8-13(17)9-7-12/h2-9H,10-11H2,1H3. The number of carbonyl (C=O) groups excluding carboxylic acids is 1. The van der Waals surface area contributed by atoms with Crippen molar-refractivity contribution in [1.29, 1.82) is 0 Å². The van der Waals surface area contributed by atoms with Crippen molar-refractivity contribution in [3.63, 3.8) is 0 Å². The number of halogens is 2. The van der Waals surface area contributed by atoms with E-state index in [4.69, 9.17) is 0 Å². The Morgan fingerprint density at radius 3 is 2.45 bits per heavy atom. The average Bonchev–Trinajstić information content (AvgIpc) is 2.45. The molecule has 4 heteroatoms. The lowest BCUT2D eigenvalue weighted by molar-refractivity contribution is 0.0985. The van der Waals surface area contributed by atoms with Crippen molar-refractivity contribution in [2.24, 2.45) is 0 Å². The topological polar surface area (TPSA) is 20.3 Å².